The molecule has 20 heavy (non-hydrogen) atoms. The summed E-state index contributed by atoms with van der Waals surface area (Å²) in [6.45, 7) is 3.13. The van der Waals surface area contributed by atoms with Gasteiger partial charge in [-0.05, 0) is 36.6 Å². The highest BCUT2D eigenvalue weighted by Gasteiger charge is 2.24. The SMILES string of the molecule is CCNC(CC1CCC1)c1cc(OC)c(OC)cc1Br. The van der Waals surface area contributed by atoms with Gasteiger partial charge in [-0.25, -0.2) is 0 Å². The Kier molecular flexibility index (Phi) is 5.73. The summed E-state index contributed by atoms with van der Waals surface area (Å²) in [5.41, 5.74) is 1.26. The van der Waals surface area contributed by atoms with Gasteiger partial charge in [-0.3, -0.25) is 0 Å². The standard InChI is InChI=1S/C16H24BrNO2/c1-4-18-14(8-11-6-5-7-11)12-9-15(19-2)16(20-3)10-13(12)17/h9-11,14,18H,4-8H2,1-3H3. The Labute approximate surface area is 130 Å². The van der Waals surface area contributed by atoms with Gasteiger partial charge in [0, 0.05) is 10.5 Å². The quantitative estimate of drug-likeness (QED) is 0.801. The van der Waals surface area contributed by atoms with Crippen LogP contribution in [0.4, 0.5) is 0 Å². The first-order valence-corrected chi connectivity index (χ1v) is 8.13. The van der Waals surface area contributed by atoms with E-state index in [9.17, 15) is 0 Å². The maximum absolute atomic E-state index is 5.43. The Morgan fingerprint density at radius 3 is 2.40 bits per heavy atom. The zero-order chi connectivity index (χ0) is 14.5. The van der Waals surface area contributed by atoms with Crippen molar-refractivity contribution in [2.75, 3.05) is 20.8 Å². The van der Waals surface area contributed by atoms with Gasteiger partial charge in [-0.15, -0.1) is 0 Å². The van der Waals surface area contributed by atoms with Gasteiger partial charge in [0.25, 0.3) is 0 Å². The highest BCUT2D eigenvalue weighted by molar-refractivity contribution is 9.10. The molecule has 1 aromatic rings. The van der Waals surface area contributed by atoms with Crippen LogP contribution in [-0.2, 0) is 0 Å². The predicted octanol–water partition coefficient (Wildman–Crippen LogP) is 4.31. The number of hydrogen-bond donors (Lipinski definition) is 1. The van der Waals surface area contributed by atoms with Crippen molar-refractivity contribution in [3.8, 4) is 11.5 Å². The molecule has 1 aromatic carbocycles. The molecule has 1 N–H and O–H groups in total. The number of benzene rings is 1. The molecular formula is C16H24BrNO2. The highest BCUT2D eigenvalue weighted by Crippen LogP contribution is 2.40. The molecule has 0 heterocycles. The molecule has 1 unspecified atom stereocenters. The Morgan fingerprint density at radius 2 is 1.90 bits per heavy atom. The van der Waals surface area contributed by atoms with Crippen molar-refractivity contribution in [1.29, 1.82) is 0 Å². The monoisotopic (exact) mass is 341 g/mol. The van der Waals surface area contributed by atoms with Crippen LogP contribution in [0.3, 0.4) is 0 Å². The molecule has 4 heteroatoms. The van der Waals surface area contributed by atoms with Crippen LogP contribution in [0.5, 0.6) is 11.5 Å². The zero-order valence-corrected chi connectivity index (χ0v) is 14.1. The summed E-state index contributed by atoms with van der Waals surface area (Å²) in [5, 5.41) is 3.60. The summed E-state index contributed by atoms with van der Waals surface area (Å²) in [7, 11) is 3.35. The van der Waals surface area contributed by atoms with E-state index < -0.39 is 0 Å². The van der Waals surface area contributed by atoms with Crippen LogP contribution in [0.15, 0.2) is 16.6 Å². The average molecular weight is 342 g/mol. The van der Waals surface area contributed by atoms with Crippen LogP contribution in [0, 0.1) is 5.92 Å². The van der Waals surface area contributed by atoms with Crippen molar-refractivity contribution in [1.82, 2.24) is 5.32 Å². The number of ether oxygens (including phenoxy) is 2. The molecule has 0 saturated heterocycles. The summed E-state index contributed by atoms with van der Waals surface area (Å²) < 4.78 is 11.9. The third kappa shape index (κ3) is 3.47. The molecule has 0 spiro atoms. The van der Waals surface area contributed by atoms with E-state index in [1.165, 1.54) is 31.2 Å². The van der Waals surface area contributed by atoms with Gasteiger partial charge in [-0.2, -0.15) is 0 Å². The molecule has 1 aliphatic carbocycles. The van der Waals surface area contributed by atoms with Gasteiger partial charge in [0.05, 0.1) is 14.2 Å². The fraction of sp³-hybridized carbons (Fsp3) is 0.625. The molecule has 1 aliphatic rings. The highest BCUT2D eigenvalue weighted by atomic mass is 79.9. The summed E-state index contributed by atoms with van der Waals surface area (Å²) in [4.78, 5) is 0. The number of rotatable bonds is 7. The summed E-state index contributed by atoms with van der Waals surface area (Å²) in [5.74, 6) is 2.42. The van der Waals surface area contributed by atoms with Crippen LogP contribution >= 0.6 is 15.9 Å². The smallest absolute Gasteiger partial charge is 0.161 e. The molecule has 0 bridgehead atoms. The van der Waals surface area contributed by atoms with Crippen molar-refractivity contribution in [3.63, 3.8) is 0 Å². The Hall–Kier alpha value is -0.740. The zero-order valence-electron chi connectivity index (χ0n) is 12.5. The Morgan fingerprint density at radius 1 is 1.25 bits per heavy atom. The van der Waals surface area contributed by atoms with E-state index in [1.54, 1.807) is 14.2 Å². The fourth-order valence-corrected chi connectivity index (χ4v) is 3.36. The lowest BCUT2D eigenvalue weighted by atomic mass is 9.79. The van der Waals surface area contributed by atoms with E-state index in [-0.39, 0.29) is 0 Å². The van der Waals surface area contributed by atoms with Crippen LogP contribution in [0.1, 0.15) is 44.2 Å². The van der Waals surface area contributed by atoms with Crippen molar-refractivity contribution in [2.45, 2.75) is 38.6 Å². The molecule has 0 radical (unpaired) electrons. The van der Waals surface area contributed by atoms with Crippen LogP contribution in [0.2, 0.25) is 0 Å². The van der Waals surface area contributed by atoms with Gasteiger partial charge in [0.15, 0.2) is 11.5 Å². The molecule has 112 valence electrons. The van der Waals surface area contributed by atoms with Crippen molar-refractivity contribution in [3.05, 3.63) is 22.2 Å². The largest absolute Gasteiger partial charge is 0.493 e. The fourth-order valence-electron chi connectivity index (χ4n) is 2.77. The number of hydrogen-bond acceptors (Lipinski definition) is 3. The van der Waals surface area contributed by atoms with E-state index in [0.717, 1.165) is 28.4 Å². The summed E-state index contributed by atoms with van der Waals surface area (Å²) in [6.07, 6.45) is 5.32. The number of nitrogens with one attached hydrogen (secondary N) is 1. The van der Waals surface area contributed by atoms with Crippen LogP contribution in [-0.4, -0.2) is 20.8 Å². The van der Waals surface area contributed by atoms with Crippen molar-refractivity contribution < 1.29 is 9.47 Å². The van der Waals surface area contributed by atoms with E-state index >= 15 is 0 Å². The molecule has 2 rings (SSSR count). The van der Waals surface area contributed by atoms with Crippen LogP contribution in [0.25, 0.3) is 0 Å². The minimum atomic E-state index is 0.375. The first-order chi connectivity index (χ1) is 9.69. The van der Waals surface area contributed by atoms with Gasteiger partial charge in [0.2, 0.25) is 0 Å². The Bertz CT molecular complexity index is 446. The third-order valence-electron chi connectivity index (χ3n) is 4.12. The maximum atomic E-state index is 5.43. The molecular weight excluding hydrogens is 318 g/mol. The molecule has 1 atom stereocenters. The lowest BCUT2D eigenvalue weighted by Crippen LogP contribution is -2.26. The number of methoxy groups -OCH3 is 2. The number of halogens is 1. The minimum Gasteiger partial charge on any atom is -0.493 e. The molecule has 0 aromatic heterocycles. The molecule has 0 amide bonds. The van der Waals surface area contributed by atoms with E-state index in [0.29, 0.717) is 6.04 Å². The molecule has 3 nitrogen and oxygen atoms in total. The van der Waals surface area contributed by atoms with Crippen LogP contribution < -0.4 is 14.8 Å². The van der Waals surface area contributed by atoms with Gasteiger partial charge < -0.3 is 14.8 Å². The third-order valence-corrected chi connectivity index (χ3v) is 4.81. The molecule has 0 aliphatic heterocycles. The first kappa shape index (κ1) is 15.6. The molecule has 1 saturated carbocycles. The lowest BCUT2D eigenvalue weighted by molar-refractivity contribution is 0.261. The van der Waals surface area contributed by atoms with E-state index in [4.69, 9.17) is 9.47 Å². The first-order valence-electron chi connectivity index (χ1n) is 7.34. The summed E-state index contributed by atoms with van der Waals surface area (Å²) >= 11 is 3.68. The predicted molar refractivity (Wildman–Crippen MR) is 85.6 cm³/mol. The van der Waals surface area contributed by atoms with Gasteiger partial charge >= 0.3 is 0 Å². The minimum absolute atomic E-state index is 0.375. The van der Waals surface area contributed by atoms with Crippen molar-refractivity contribution in [2.24, 2.45) is 5.92 Å². The maximum Gasteiger partial charge on any atom is 0.161 e. The normalized spacial score (nSPS) is 16.6. The Balaban J connectivity index is 2.25. The van der Waals surface area contributed by atoms with E-state index in [1.807, 2.05) is 6.07 Å². The lowest BCUT2D eigenvalue weighted by Gasteiger charge is -2.31. The second-order valence-corrected chi connectivity index (χ2v) is 6.23. The summed E-state index contributed by atoms with van der Waals surface area (Å²) in [6, 6.07) is 4.47. The average Bonchev–Trinajstić information content (AvgIpc) is 2.41. The molecule has 1 fully saturated rings. The second-order valence-electron chi connectivity index (χ2n) is 5.37. The van der Waals surface area contributed by atoms with Gasteiger partial charge in [-0.1, -0.05) is 42.1 Å². The van der Waals surface area contributed by atoms with E-state index in [2.05, 4.69) is 34.2 Å². The topological polar surface area (TPSA) is 30.5 Å². The van der Waals surface area contributed by atoms with Crippen molar-refractivity contribution >= 4 is 15.9 Å². The second kappa shape index (κ2) is 7.32. The van der Waals surface area contributed by atoms with Gasteiger partial charge in [0.1, 0.15) is 0 Å².